The zero-order chi connectivity index (χ0) is 27.5. The Morgan fingerprint density at radius 3 is 2.38 bits per heavy atom. The van der Waals surface area contributed by atoms with E-state index in [9.17, 15) is 9.59 Å². The molecule has 6 rings (SSSR count). The minimum absolute atomic E-state index is 0.0564. The van der Waals surface area contributed by atoms with E-state index in [4.69, 9.17) is 9.47 Å². The van der Waals surface area contributed by atoms with E-state index in [1.165, 1.54) is 12.0 Å². The molecule has 0 amide bonds. The average molecular weight is 537 g/mol. The lowest BCUT2D eigenvalue weighted by molar-refractivity contribution is -0.140. The minimum Gasteiger partial charge on any atom is -0.490 e. The number of carbonyl (C=O) groups is 2. The lowest BCUT2D eigenvalue weighted by atomic mass is 9.78. The van der Waals surface area contributed by atoms with Gasteiger partial charge in [0, 0.05) is 17.7 Å². The summed E-state index contributed by atoms with van der Waals surface area (Å²) in [7, 11) is 0. The molecular formula is C34H36N2O4. The second kappa shape index (κ2) is 11.6. The van der Waals surface area contributed by atoms with Crippen LogP contribution in [0.2, 0.25) is 0 Å². The Balaban J connectivity index is 1.36. The van der Waals surface area contributed by atoms with Crippen LogP contribution < -0.4 is 20.1 Å². The van der Waals surface area contributed by atoms with Crippen molar-refractivity contribution < 1.29 is 19.1 Å². The first kappa shape index (κ1) is 26.2. The summed E-state index contributed by atoms with van der Waals surface area (Å²) in [5.41, 5.74) is 5.63. The molecule has 0 bridgehead atoms. The van der Waals surface area contributed by atoms with Crippen LogP contribution in [-0.2, 0) is 9.59 Å². The predicted molar refractivity (Wildman–Crippen MR) is 157 cm³/mol. The molecule has 0 saturated heterocycles. The predicted octanol–water partition coefficient (Wildman–Crippen LogP) is 7.55. The van der Waals surface area contributed by atoms with Crippen LogP contribution in [0, 0.1) is 5.92 Å². The van der Waals surface area contributed by atoms with Crippen LogP contribution in [0.3, 0.4) is 0 Å². The van der Waals surface area contributed by atoms with Crippen LogP contribution in [-0.4, -0.2) is 18.4 Å². The molecule has 0 unspecified atom stereocenters. The van der Waals surface area contributed by atoms with Crippen molar-refractivity contribution in [2.24, 2.45) is 5.92 Å². The maximum atomic E-state index is 13.9. The van der Waals surface area contributed by atoms with Crippen molar-refractivity contribution in [3.05, 3.63) is 95.2 Å². The van der Waals surface area contributed by atoms with Gasteiger partial charge in [0.05, 0.1) is 29.9 Å². The van der Waals surface area contributed by atoms with Gasteiger partial charge in [-0.1, -0.05) is 67.8 Å². The van der Waals surface area contributed by atoms with Gasteiger partial charge in [-0.3, -0.25) is 9.59 Å². The Hall–Kier alpha value is -4.06. The normalized spacial score (nSPS) is 20.9. The lowest BCUT2D eigenvalue weighted by Crippen LogP contribution is -2.27. The molecule has 2 N–H and O–H groups in total. The van der Waals surface area contributed by atoms with Crippen molar-refractivity contribution in [3.63, 3.8) is 0 Å². The van der Waals surface area contributed by atoms with Gasteiger partial charge in [-0.15, -0.1) is 0 Å². The Morgan fingerprint density at radius 1 is 0.850 bits per heavy atom. The SMILES string of the molecule is CCOc1cc([C@@H]2Nc3ccccc3NC3=C2C(=O)C[C@H](c2ccccc2)C3)ccc1OC(=O)C1CCCCC1. The Labute approximate surface area is 235 Å². The first-order valence-electron chi connectivity index (χ1n) is 14.5. The Kier molecular flexibility index (Phi) is 7.58. The summed E-state index contributed by atoms with van der Waals surface area (Å²) in [4.78, 5) is 26.8. The fraction of sp³-hybridized carbons (Fsp3) is 0.353. The molecule has 3 aliphatic rings. The van der Waals surface area contributed by atoms with Gasteiger partial charge >= 0.3 is 5.97 Å². The number of benzene rings is 3. The van der Waals surface area contributed by atoms with Crippen LogP contribution in [0.15, 0.2) is 84.1 Å². The van der Waals surface area contributed by atoms with Gasteiger partial charge in [-0.05, 0) is 67.5 Å². The standard InChI is InChI=1S/C34H36N2O4/c1-2-39-31-21-24(17-18-30(31)40-34(38)23-13-7-4-8-14-23)33-32-28(35-26-15-9-10-16-27(26)36-33)19-25(20-29(32)37)22-11-5-3-6-12-22/h3,5-6,9-12,15-18,21,23,25,33,35-36H,2,4,7-8,13-14,19-20H2,1H3/t25-,33+/m1/s1. The largest absolute Gasteiger partial charge is 0.490 e. The molecule has 6 heteroatoms. The highest BCUT2D eigenvalue weighted by molar-refractivity contribution is 6.01. The van der Waals surface area contributed by atoms with Crippen LogP contribution in [0.4, 0.5) is 11.4 Å². The van der Waals surface area contributed by atoms with Gasteiger partial charge in [-0.25, -0.2) is 0 Å². The second-order valence-corrected chi connectivity index (χ2v) is 11.0. The summed E-state index contributed by atoms with van der Waals surface area (Å²) >= 11 is 0. The number of para-hydroxylation sites is 2. The van der Waals surface area contributed by atoms with E-state index < -0.39 is 0 Å². The molecule has 0 radical (unpaired) electrons. The van der Waals surface area contributed by atoms with E-state index in [0.717, 1.165) is 60.3 Å². The number of ketones is 1. The lowest BCUT2D eigenvalue weighted by Gasteiger charge is -2.30. The smallest absolute Gasteiger partial charge is 0.314 e. The Bertz CT molecular complexity index is 1420. The topological polar surface area (TPSA) is 76.7 Å². The van der Waals surface area contributed by atoms with Gasteiger partial charge in [0.1, 0.15) is 0 Å². The van der Waals surface area contributed by atoms with Crippen molar-refractivity contribution in [3.8, 4) is 11.5 Å². The molecule has 40 heavy (non-hydrogen) atoms. The minimum atomic E-state index is -0.377. The molecule has 1 saturated carbocycles. The van der Waals surface area contributed by atoms with Gasteiger partial charge in [0.25, 0.3) is 0 Å². The number of hydrogen-bond acceptors (Lipinski definition) is 6. The summed E-state index contributed by atoms with van der Waals surface area (Å²) < 4.78 is 11.8. The van der Waals surface area contributed by atoms with Gasteiger partial charge in [0.15, 0.2) is 17.3 Å². The zero-order valence-corrected chi connectivity index (χ0v) is 23.0. The number of rotatable bonds is 6. The van der Waals surface area contributed by atoms with E-state index in [2.05, 4.69) is 22.8 Å². The van der Waals surface area contributed by atoms with Gasteiger partial charge in [0.2, 0.25) is 0 Å². The third-order valence-electron chi connectivity index (χ3n) is 8.33. The van der Waals surface area contributed by atoms with E-state index in [1.807, 2.05) is 67.6 Å². The Morgan fingerprint density at radius 2 is 1.60 bits per heavy atom. The van der Waals surface area contributed by atoms with Crippen LogP contribution in [0.25, 0.3) is 0 Å². The fourth-order valence-electron chi connectivity index (χ4n) is 6.29. The summed E-state index contributed by atoms with van der Waals surface area (Å²) in [6.45, 7) is 2.35. The van der Waals surface area contributed by atoms with Crippen molar-refractivity contribution >= 4 is 23.1 Å². The van der Waals surface area contributed by atoms with Crippen molar-refractivity contribution in [1.29, 1.82) is 0 Å². The summed E-state index contributed by atoms with van der Waals surface area (Å²) in [6.07, 6.45) is 6.26. The molecule has 1 fully saturated rings. The van der Waals surface area contributed by atoms with Crippen LogP contribution in [0.1, 0.15) is 75.0 Å². The number of anilines is 2. The number of carbonyl (C=O) groups excluding carboxylic acids is 2. The molecule has 3 aromatic carbocycles. The van der Waals surface area contributed by atoms with E-state index in [-0.39, 0.29) is 29.6 Å². The number of hydrogen-bond donors (Lipinski definition) is 2. The quantitative estimate of drug-likeness (QED) is 0.250. The van der Waals surface area contributed by atoms with E-state index in [1.54, 1.807) is 0 Å². The maximum Gasteiger partial charge on any atom is 0.314 e. The van der Waals surface area contributed by atoms with Crippen LogP contribution in [0.5, 0.6) is 11.5 Å². The molecule has 1 aliphatic heterocycles. The highest BCUT2D eigenvalue weighted by Crippen LogP contribution is 2.45. The highest BCUT2D eigenvalue weighted by Gasteiger charge is 2.36. The number of allylic oxidation sites excluding steroid dienone is 1. The second-order valence-electron chi connectivity index (χ2n) is 11.0. The third-order valence-corrected chi connectivity index (χ3v) is 8.33. The first-order chi connectivity index (χ1) is 19.6. The van der Waals surface area contributed by atoms with Gasteiger partial charge in [-0.2, -0.15) is 0 Å². The first-order valence-corrected chi connectivity index (χ1v) is 14.5. The monoisotopic (exact) mass is 536 g/mol. The average Bonchev–Trinajstić information content (AvgIpc) is 3.16. The molecule has 2 aliphatic carbocycles. The van der Waals surface area contributed by atoms with Crippen molar-refractivity contribution in [2.75, 3.05) is 17.2 Å². The molecule has 206 valence electrons. The maximum absolute atomic E-state index is 13.9. The highest BCUT2D eigenvalue weighted by atomic mass is 16.6. The van der Waals surface area contributed by atoms with Gasteiger partial charge < -0.3 is 20.1 Å². The van der Waals surface area contributed by atoms with E-state index in [0.29, 0.717) is 24.5 Å². The van der Waals surface area contributed by atoms with E-state index >= 15 is 0 Å². The number of Topliss-reactive ketones (excluding diaryl/α,β-unsaturated/α-hetero) is 1. The summed E-state index contributed by atoms with van der Waals surface area (Å²) in [5.74, 6) is 0.952. The fourth-order valence-corrected chi connectivity index (χ4v) is 6.29. The molecular weight excluding hydrogens is 500 g/mol. The molecule has 1 heterocycles. The number of nitrogens with one attached hydrogen (secondary N) is 2. The summed E-state index contributed by atoms with van der Waals surface area (Å²) in [6, 6.07) is 23.6. The molecule has 0 aromatic heterocycles. The number of fused-ring (bicyclic) bond motifs is 1. The van der Waals surface area contributed by atoms with Crippen LogP contribution >= 0.6 is 0 Å². The molecule has 3 aromatic rings. The molecule has 6 nitrogen and oxygen atoms in total. The zero-order valence-electron chi connectivity index (χ0n) is 23.0. The van der Waals surface area contributed by atoms with Crippen molar-refractivity contribution in [2.45, 2.75) is 63.8 Å². The molecule has 0 spiro atoms. The van der Waals surface area contributed by atoms with Crippen molar-refractivity contribution in [1.82, 2.24) is 0 Å². The summed E-state index contributed by atoms with van der Waals surface area (Å²) in [5, 5.41) is 7.24. The molecule has 2 atom stereocenters. The number of ether oxygens (including phenoxy) is 2. The number of esters is 1. The third kappa shape index (κ3) is 5.35.